The number of piperazine rings is 1. The predicted octanol–water partition coefficient (Wildman–Crippen LogP) is 2.98. The Labute approximate surface area is 132 Å². The number of benzene rings is 2. The van der Waals surface area contributed by atoms with Crippen LogP contribution < -0.4 is 10.2 Å². The Hall–Kier alpha value is -2.00. The number of nitrogens with zero attached hydrogens (tertiary/aromatic N) is 2. The Morgan fingerprint density at radius 1 is 0.909 bits per heavy atom. The first-order valence-electron chi connectivity index (χ1n) is 8.26. The maximum absolute atomic E-state index is 3.44. The van der Waals surface area contributed by atoms with E-state index in [1.807, 2.05) is 0 Å². The topological polar surface area (TPSA) is 18.5 Å². The Morgan fingerprint density at radius 2 is 1.73 bits per heavy atom. The quantitative estimate of drug-likeness (QED) is 0.938. The van der Waals surface area contributed by atoms with Gasteiger partial charge < -0.3 is 10.2 Å². The maximum atomic E-state index is 3.44. The van der Waals surface area contributed by atoms with E-state index in [-0.39, 0.29) is 0 Å². The van der Waals surface area contributed by atoms with E-state index in [0.717, 1.165) is 45.7 Å². The zero-order valence-electron chi connectivity index (χ0n) is 13.0. The van der Waals surface area contributed by atoms with Crippen LogP contribution in [0, 0.1) is 0 Å². The highest BCUT2D eigenvalue weighted by molar-refractivity contribution is 5.63. The van der Waals surface area contributed by atoms with Gasteiger partial charge in [0.05, 0.1) is 0 Å². The standard InChI is InChI=1S/C19H23N3/c1-2-4-16(5-3-1)15-21-10-12-22(13-11-21)18-6-7-19-17(14-18)8-9-20-19/h1-7,14,20H,8-13,15H2. The summed E-state index contributed by atoms with van der Waals surface area (Å²) in [5.74, 6) is 0. The predicted molar refractivity (Wildman–Crippen MR) is 92.6 cm³/mol. The van der Waals surface area contributed by atoms with Gasteiger partial charge in [0.15, 0.2) is 0 Å². The number of hydrogen-bond donors (Lipinski definition) is 1. The Balaban J connectivity index is 1.37. The largest absolute Gasteiger partial charge is 0.384 e. The summed E-state index contributed by atoms with van der Waals surface area (Å²) in [5.41, 5.74) is 5.61. The molecule has 1 fully saturated rings. The summed E-state index contributed by atoms with van der Waals surface area (Å²) in [6.07, 6.45) is 1.16. The molecule has 0 amide bonds. The molecule has 0 aliphatic carbocycles. The molecule has 4 rings (SSSR count). The number of anilines is 2. The fraction of sp³-hybridized carbons (Fsp3) is 0.368. The van der Waals surface area contributed by atoms with Gasteiger partial charge in [-0.25, -0.2) is 0 Å². The second-order valence-electron chi connectivity index (χ2n) is 6.27. The molecule has 22 heavy (non-hydrogen) atoms. The van der Waals surface area contributed by atoms with Crippen LogP contribution in [-0.2, 0) is 13.0 Å². The number of hydrogen-bond acceptors (Lipinski definition) is 3. The van der Waals surface area contributed by atoms with Crippen molar-refractivity contribution < 1.29 is 0 Å². The molecule has 0 radical (unpaired) electrons. The monoisotopic (exact) mass is 293 g/mol. The van der Waals surface area contributed by atoms with Crippen LogP contribution in [0.3, 0.4) is 0 Å². The molecule has 0 aromatic heterocycles. The molecule has 2 aromatic carbocycles. The molecule has 1 saturated heterocycles. The first-order valence-corrected chi connectivity index (χ1v) is 8.26. The van der Waals surface area contributed by atoms with Gasteiger partial charge in [-0.15, -0.1) is 0 Å². The third kappa shape index (κ3) is 2.81. The van der Waals surface area contributed by atoms with Crippen LogP contribution in [0.5, 0.6) is 0 Å². The van der Waals surface area contributed by atoms with E-state index in [4.69, 9.17) is 0 Å². The van der Waals surface area contributed by atoms with Crippen molar-refractivity contribution in [2.45, 2.75) is 13.0 Å². The van der Waals surface area contributed by atoms with Crippen LogP contribution >= 0.6 is 0 Å². The summed E-state index contributed by atoms with van der Waals surface area (Å²) < 4.78 is 0. The molecule has 2 aromatic rings. The molecule has 0 unspecified atom stereocenters. The average molecular weight is 293 g/mol. The van der Waals surface area contributed by atoms with Crippen molar-refractivity contribution in [1.29, 1.82) is 0 Å². The van der Waals surface area contributed by atoms with Crippen molar-refractivity contribution in [3.8, 4) is 0 Å². The lowest BCUT2D eigenvalue weighted by molar-refractivity contribution is 0.250. The molecule has 0 atom stereocenters. The summed E-state index contributed by atoms with van der Waals surface area (Å²) in [7, 11) is 0. The van der Waals surface area contributed by atoms with Crippen molar-refractivity contribution in [2.75, 3.05) is 42.9 Å². The average Bonchev–Trinajstić information content (AvgIpc) is 3.04. The van der Waals surface area contributed by atoms with E-state index in [9.17, 15) is 0 Å². The van der Waals surface area contributed by atoms with Gasteiger partial charge in [0, 0.05) is 50.6 Å². The molecule has 1 N–H and O–H groups in total. The summed E-state index contributed by atoms with van der Waals surface area (Å²) in [4.78, 5) is 5.08. The van der Waals surface area contributed by atoms with Gasteiger partial charge in [-0.1, -0.05) is 30.3 Å². The lowest BCUT2D eigenvalue weighted by atomic mass is 10.1. The molecule has 114 valence electrons. The Bertz CT molecular complexity index is 630. The molecule has 0 bridgehead atoms. The Kier molecular flexibility index (Phi) is 3.73. The molecule has 3 nitrogen and oxygen atoms in total. The van der Waals surface area contributed by atoms with Crippen molar-refractivity contribution in [2.24, 2.45) is 0 Å². The summed E-state index contributed by atoms with van der Waals surface area (Å²) in [5, 5.41) is 3.44. The molecule has 2 aliphatic rings. The van der Waals surface area contributed by atoms with Crippen molar-refractivity contribution in [3.05, 3.63) is 59.7 Å². The molecule has 2 heterocycles. The molecule has 0 saturated carbocycles. The lowest BCUT2D eigenvalue weighted by Crippen LogP contribution is -2.45. The highest BCUT2D eigenvalue weighted by Crippen LogP contribution is 2.28. The SMILES string of the molecule is c1ccc(CN2CCN(c3ccc4c(c3)CCN4)CC2)cc1. The minimum Gasteiger partial charge on any atom is -0.384 e. The second-order valence-corrected chi connectivity index (χ2v) is 6.27. The number of rotatable bonds is 3. The lowest BCUT2D eigenvalue weighted by Gasteiger charge is -2.36. The van der Waals surface area contributed by atoms with Crippen LogP contribution in [0.4, 0.5) is 11.4 Å². The second kappa shape index (κ2) is 6.01. The first kappa shape index (κ1) is 13.6. The van der Waals surface area contributed by atoms with Crippen LogP contribution in [-0.4, -0.2) is 37.6 Å². The summed E-state index contributed by atoms with van der Waals surface area (Å²) in [6.45, 7) is 6.69. The van der Waals surface area contributed by atoms with Gasteiger partial charge in [0.2, 0.25) is 0 Å². The first-order chi connectivity index (χ1) is 10.9. The van der Waals surface area contributed by atoms with Gasteiger partial charge in [0.25, 0.3) is 0 Å². The van der Waals surface area contributed by atoms with Crippen molar-refractivity contribution in [3.63, 3.8) is 0 Å². The van der Waals surface area contributed by atoms with Gasteiger partial charge in [-0.3, -0.25) is 4.90 Å². The van der Waals surface area contributed by atoms with Crippen molar-refractivity contribution in [1.82, 2.24) is 4.90 Å². The van der Waals surface area contributed by atoms with Gasteiger partial charge in [-0.2, -0.15) is 0 Å². The van der Waals surface area contributed by atoms with Crippen LogP contribution in [0.1, 0.15) is 11.1 Å². The van der Waals surface area contributed by atoms with E-state index in [1.165, 1.54) is 22.5 Å². The smallest absolute Gasteiger partial charge is 0.0375 e. The van der Waals surface area contributed by atoms with E-state index in [0.29, 0.717) is 0 Å². The van der Waals surface area contributed by atoms with Crippen LogP contribution in [0.15, 0.2) is 48.5 Å². The van der Waals surface area contributed by atoms with E-state index < -0.39 is 0 Å². The fourth-order valence-electron chi connectivity index (χ4n) is 3.49. The third-order valence-electron chi connectivity index (χ3n) is 4.79. The zero-order valence-corrected chi connectivity index (χ0v) is 13.0. The highest BCUT2D eigenvalue weighted by atomic mass is 15.3. The van der Waals surface area contributed by atoms with Gasteiger partial charge in [0.1, 0.15) is 0 Å². The molecule has 3 heteroatoms. The minimum absolute atomic E-state index is 1.07. The highest BCUT2D eigenvalue weighted by Gasteiger charge is 2.19. The van der Waals surface area contributed by atoms with Crippen LogP contribution in [0.25, 0.3) is 0 Å². The Morgan fingerprint density at radius 3 is 2.55 bits per heavy atom. The van der Waals surface area contributed by atoms with Crippen LogP contribution in [0.2, 0.25) is 0 Å². The number of fused-ring (bicyclic) bond motifs is 1. The zero-order chi connectivity index (χ0) is 14.8. The normalized spacial score (nSPS) is 18.1. The van der Waals surface area contributed by atoms with E-state index in [1.54, 1.807) is 0 Å². The summed E-state index contributed by atoms with van der Waals surface area (Å²) >= 11 is 0. The fourth-order valence-corrected chi connectivity index (χ4v) is 3.49. The molecular formula is C19H23N3. The van der Waals surface area contributed by atoms with Gasteiger partial charge >= 0.3 is 0 Å². The van der Waals surface area contributed by atoms with E-state index in [2.05, 4.69) is 63.6 Å². The van der Waals surface area contributed by atoms with Gasteiger partial charge in [-0.05, 0) is 35.7 Å². The maximum Gasteiger partial charge on any atom is 0.0375 e. The van der Waals surface area contributed by atoms with E-state index >= 15 is 0 Å². The minimum atomic E-state index is 1.07. The molecular weight excluding hydrogens is 270 g/mol. The van der Waals surface area contributed by atoms with Crippen molar-refractivity contribution >= 4 is 11.4 Å². The molecule has 2 aliphatic heterocycles. The summed E-state index contributed by atoms with van der Waals surface area (Å²) in [6, 6.07) is 17.7. The molecule has 0 spiro atoms. The number of nitrogens with one attached hydrogen (secondary N) is 1. The third-order valence-corrected chi connectivity index (χ3v) is 4.79.